The summed E-state index contributed by atoms with van der Waals surface area (Å²) in [5, 5.41) is 6.32. The number of benzene rings is 3. The number of esters is 1. The maximum atomic E-state index is 13.0. The first kappa shape index (κ1) is 21.8. The molecular weight excluding hydrogens is 450 g/mol. The van der Waals surface area contributed by atoms with Gasteiger partial charge >= 0.3 is 5.97 Å². The van der Waals surface area contributed by atoms with E-state index in [9.17, 15) is 9.59 Å². The largest absolute Gasteiger partial charge is 0.494 e. The van der Waals surface area contributed by atoms with Crippen LogP contribution in [-0.4, -0.2) is 27.2 Å². The summed E-state index contributed by atoms with van der Waals surface area (Å²) in [4.78, 5) is 29.7. The second kappa shape index (κ2) is 9.07. The summed E-state index contributed by atoms with van der Waals surface area (Å²) in [6.07, 6.45) is 2.76. The zero-order valence-electron chi connectivity index (χ0n) is 18.6. The molecular formula is C26H21N3O4S. The Labute approximate surface area is 198 Å². The van der Waals surface area contributed by atoms with Gasteiger partial charge in [-0.3, -0.25) is 9.59 Å². The number of thiazole rings is 1. The van der Waals surface area contributed by atoms with E-state index in [2.05, 4.69) is 17.0 Å². The smallest absolute Gasteiger partial charge is 0.308 e. The van der Waals surface area contributed by atoms with E-state index >= 15 is 0 Å². The second-order valence-corrected chi connectivity index (χ2v) is 8.76. The van der Waals surface area contributed by atoms with E-state index < -0.39 is 5.97 Å². The molecule has 0 saturated heterocycles. The first-order valence-electron chi connectivity index (χ1n) is 10.9. The SMILES string of the molecule is CCCOc1ccc(/C=c2\sc3nc(-c4cc5ccccc5cc4OC(C)=O)nn3c2=O)cc1. The third kappa shape index (κ3) is 4.27. The predicted octanol–water partition coefficient (Wildman–Crippen LogP) is 4.23. The normalized spacial score (nSPS) is 11.9. The second-order valence-electron chi connectivity index (χ2n) is 7.75. The lowest BCUT2D eigenvalue weighted by Crippen LogP contribution is -2.23. The third-order valence-corrected chi connectivity index (χ3v) is 6.13. The van der Waals surface area contributed by atoms with Gasteiger partial charge in [-0.2, -0.15) is 9.50 Å². The van der Waals surface area contributed by atoms with Crippen molar-refractivity contribution in [3.63, 3.8) is 0 Å². The molecule has 0 spiro atoms. The Hall–Kier alpha value is -4.04. The highest BCUT2D eigenvalue weighted by Gasteiger charge is 2.17. The first-order chi connectivity index (χ1) is 16.5. The summed E-state index contributed by atoms with van der Waals surface area (Å²) < 4.78 is 12.9. The van der Waals surface area contributed by atoms with Crippen molar-refractivity contribution >= 4 is 39.1 Å². The van der Waals surface area contributed by atoms with Crippen molar-refractivity contribution in [1.82, 2.24) is 14.6 Å². The molecule has 0 fully saturated rings. The summed E-state index contributed by atoms with van der Waals surface area (Å²) in [5.74, 6) is 1.04. The fourth-order valence-electron chi connectivity index (χ4n) is 3.61. The molecule has 0 unspecified atom stereocenters. The highest BCUT2D eigenvalue weighted by Crippen LogP contribution is 2.33. The maximum Gasteiger partial charge on any atom is 0.308 e. The van der Waals surface area contributed by atoms with Crippen molar-refractivity contribution in [3.8, 4) is 22.9 Å². The van der Waals surface area contributed by atoms with Gasteiger partial charge in [-0.15, -0.1) is 5.10 Å². The van der Waals surface area contributed by atoms with Gasteiger partial charge < -0.3 is 9.47 Å². The summed E-state index contributed by atoms with van der Waals surface area (Å²) >= 11 is 1.26. The molecule has 0 aliphatic heterocycles. The van der Waals surface area contributed by atoms with Crippen LogP contribution < -0.4 is 19.6 Å². The van der Waals surface area contributed by atoms with Crippen LogP contribution >= 0.6 is 11.3 Å². The van der Waals surface area contributed by atoms with Crippen LogP contribution in [0.25, 0.3) is 33.2 Å². The summed E-state index contributed by atoms with van der Waals surface area (Å²) in [6.45, 7) is 4.07. The minimum Gasteiger partial charge on any atom is -0.494 e. The fourth-order valence-corrected chi connectivity index (χ4v) is 4.52. The number of fused-ring (bicyclic) bond motifs is 2. The number of carbonyl (C=O) groups excluding carboxylic acids is 1. The lowest BCUT2D eigenvalue weighted by molar-refractivity contribution is -0.131. The van der Waals surface area contributed by atoms with Gasteiger partial charge in [0, 0.05) is 6.92 Å². The van der Waals surface area contributed by atoms with Gasteiger partial charge in [0.1, 0.15) is 11.5 Å². The number of nitrogens with zero attached hydrogens (tertiary/aromatic N) is 3. The van der Waals surface area contributed by atoms with E-state index in [0.29, 0.717) is 33.2 Å². The van der Waals surface area contributed by atoms with Crippen LogP contribution in [0.5, 0.6) is 11.5 Å². The van der Waals surface area contributed by atoms with E-state index in [1.54, 1.807) is 6.07 Å². The van der Waals surface area contributed by atoms with Gasteiger partial charge in [0.15, 0.2) is 5.82 Å². The Morgan fingerprint density at radius 3 is 2.50 bits per heavy atom. The highest BCUT2D eigenvalue weighted by atomic mass is 32.1. The quantitative estimate of drug-likeness (QED) is 0.272. The van der Waals surface area contributed by atoms with Crippen LogP contribution in [0.2, 0.25) is 0 Å². The Bertz CT molecular complexity index is 1620. The molecule has 34 heavy (non-hydrogen) atoms. The predicted molar refractivity (Wildman–Crippen MR) is 132 cm³/mol. The molecule has 0 bridgehead atoms. The van der Waals surface area contributed by atoms with Gasteiger partial charge in [-0.1, -0.05) is 54.7 Å². The first-order valence-corrected chi connectivity index (χ1v) is 11.7. The number of rotatable bonds is 6. The fraction of sp³-hybridized carbons (Fsp3) is 0.154. The molecule has 0 aliphatic carbocycles. The van der Waals surface area contributed by atoms with Crippen LogP contribution in [0.15, 0.2) is 65.5 Å². The molecule has 0 aliphatic rings. The Morgan fingerprint density at radius 2 is 1.82 bits per heavy atom. The Balaban J connectivity index is 1.54. The van der Waals surface area contributed by atoms with Crippen molar-refractivity contribution in [2.75, 3.05) is 6.61 Å². The molecule has 0 radical (unpaired) electrons. The van der Waals surface area contributed by atoms with Crippen molar-refractivity contribution in [2.45, 2.75) is 20.3 Å². The zero-order valence-corrected chi connectivity index (χ0v) is 19.5. The van der Waals surface area contributed by atoms with Crippen molar-refractivity contribution in [1.29, 1.82) is 0 Å². The lowest BCUT2D eigenvalue weighted by Gasteiger charge is -2.08. The number of carbonyl (C=O) groups is 1. The van der Waals surface area contributed by atoms with Crippen molar-refractivity contribution in [2.24, 2.45) is 0 Å². The molecule has 0 N–H and O–H groups in total. The molecule has 2 heterocycles. The zero-order chi connectivity index (χ0) is 23.7. The van der Waals surface area contributed by atoms with Crippen LogP contribution in [0.1, 0.15) is 25.8 Å². The average molecular weight is 472 g/mol. The van der Waals surface area contributed by atoms with Crippen LogP contribution in [0.4, 0.5) is 0 Å². The molecule has 5 rings (SSSR count). The van der Waals surface area contributed by atoms with Gasteiger partial charge in [0.25, 0.3) is 5.56 Å². The van der Waals surface area contributed by atoms with E-state index in [4.69, 9.17) is 9.47 Å². The van der Waals surface area contributed by atoms with Crippen LogP contribution in [-0.2, 0) is 4.79 Å². The molecule has 0 saturated carbocycles. The van der Waals surface area contributed by atoms with Gasteiger partial charge in [-0.25, -0.2) is 0 Å². The van der Waals surface area contributed by atoms with Gasteiger partial charge in [-0.05, 0) is 53.1 Å². The van der Waals surface area contributed by atoms with E-state index in [1.807, 2.05) is 60.7 Å². The molecule has 170 valence electrons. The van der Waals surface area contributed by atoms with Crippen molar-refractivity contribution < 1.29 is 14.3 Å². The van der Waals surface area contributed by atoms with Crippen molar-refractivity contribution in [3.05, 3.63) is 81.1 Å². The summed E-state index contributed by atoms with van der Waals surface area (Å²) in [7, 11) is 0. The number of ether oxygens (including phenoxy) is 2. The minimum atomic E-state index is -0.440. The molecule has 3 aromatic carbocycles. The molecule has 8 heteroatoms. The Morgan fingerprint density at radius 1 is 1.09 bits per heavy atom. The number of hydrogen-bond donors (Lipinski definition) is 0. The Kier molecular flexibility index (Phi) is 5.81. The minimum absolute atomic E-state index is 0.250. The highest BCUT2D eigenvalue weighted by molar-refractivity contribution is 7.15. The molecule has 5 aromatic rings. The van der Waals surface area contributed by atoms with E-state index in [1.165, 1.54) is 22.8 Å². The topological polar surface area (TPSA) is 82.8 Å². The summed E-state index contributed by atoms with van der Waals surface area (Å²) in [5.41, 5.74) is 1.19. The average Bonchev–Trinajstić information content (AvgIpc) is 3.37. The van der Waals surface area contributed by atoms with Gasteiger partial charge in [0.2, 0.25) is 4.96 Å². The van der Waals surface area contributed by atoms with E-state index in [0.717, 1.165) is 28.5 Å². The lowest BCUT2D eigenvalue weighted by atomic mass is 10.1. The number of aromatic nitrogens is 3. The molecule has 7 nitrogen and oxygen atoms in total. The van der Waals surface area contributed by atoms with Crippen LogP contribution in [0, 0.1) is 0 Å². The summed E-state index contributed by atoms with van der Waals surface area (Å²) in [6, 6.07) is 19.0. The monoisotopic (exact) mass is 471 g/mol. The number of hydrogen-bond acceptors (Lipinski definition) is 7. The van der Waals surface area contributed by atoms with E-state index in [-0.39, 0.29) is 5.56 Å². The molecule has 2 aromatic heterocycles. The van der Waals surface area contributed by atoms with Gasteiger partial charge in [0.05, 0.1) is 16.7 Å². The standard InChI is InChI=1S/C26H21N3O4S/c1-3-12-32-20-10-8-17(9-11-20)13-23-25(31)29-26(34-23)27-24(28-29)21-14-18-6-4-5-7-19(18)15-22(21)33-16(2)30/h4-11,13-15H,3,12H2,1-2H3/b23-13-. The van der Waals surface area contributed by atoms with Crippen LogP contribution in [0.3, 0.4) is 0 Å². The maximum absolute atomic E-state index is 13.0. The third-order valence-electron chi connectivity index (χ3n) is 5.18. The molecule has 0 amide bonds. The molecule has 0 atom stereocenters.